The number of carbonyl (C=O) groups excluding carboxylic acids is 1. The Morgan fingerprint density at radius 2 is 0.929 bits per heavy atom. The van der Waals surface area contributed by atoms with Crippen LogP contribution >= 0.6 is 0 Å². The number of carboxylic acids is 3. The zero-order valence-electron chi connectivity index (χ0n) is 27.6. The van der Waals surface area contributed by atoms with Crippen molar-refractivity contribution in [2.45, 2.75) is 150 Å². The van der Waals surface area contributed by atoms with Crippen molar-refractivity contribution >= 4 is 17.9 Å². The van der Waals surface area contributed by atoms with E-state index < -0.39 is 35.7 Å². The number of rotatable bonds is 30. The molecule has 0 aliphatic rings. The molecule has 2 N–H and O–H groups in total. The molecule has 0 rings (SSSR count). The zero-order valence-corrected chi connectivity index (χ0v) is 27.6. The number of nitrogens with zero attached hydrogens (tertiary/aromatic N) is 1. The smallest absolute Gasteiger partial charge is 0.306 e. The molecule has 7 nitrogen and oxygen atoms in total. The highest BCUT2D eigenvalue weighted by molar-refractivity contribution is 5.69. The molecule has 0 aliphatic carbocycles. The number of aliphatic carboxylic acids is 3. The van der Waals surface area contributed by atoms with E-state index in [1.165, 1.54) is 70.6 Å². The lowest BCUT2D eigenvalue weighted by atomic mass is 10.0. The van der Waals surface area contributed by atoms with Crippen LogP contribution in [-0.4, -0.2) is 58.8 Å². The first kappa shape index (κ1) is 40.1. The lowest BCUT2D eigenvalue weighted by Crippen LogP contribution is -2.52. The predicted octanol–water partition coefficient (Wildman–Crippen LogP) is 7.62. The van der Waals surface area contributed by atoms with E-state index in [2.05, 4.69) is 19.1 Å². The molecule has 42 heavy (non-hydrogen) atoms. The predicted molar refractivity (Wildman–Crippen MR) is 170 cm³/mol. The van der Waals surface area contributed by atoms with Crippen molar-refractivity contribution in [1.29, 1.82) is 0 Å². The van der Waals surface area contributed by atoms with Gasteiger partial charge in [-0.3, -0.25) is 9.59 Å². The number of carbonyl (C=O) groups is 3. The summed E-state index contributed by atoms with van der Waals surface area (Å²) >= 11 is 0. The van der Waals surface area contributed by atoms with E-state index in [-0.39, 0.29) is 0 Å². The van der Waals surface area contributed by atoms with Crippen LogP contribution in [0.4, 0.5) is 0 Å². The van der Waals surface area contributed by atoms with E-state index >= 15 is 0 Å². The van der Waals surface area contributed by atoms with Crippen molar-refractivity contribution in [3.63, 3.8) is 0 Å². The number of hydrogen-bond donors (Lipinski definition) is 2. The highest BCUT2D eigenvalue weighted by atomic mass is 16.4. The van der Waals surface area contributed by atoms with Gasteiger partial charge in [0.15, 0.2) is 0 Å². The average molecular weight is 596 g/mol. The maximum Gasteiger partial charge on any atom is 0.306 e. The number of hydrogen-bond acceptors (Lipinski definition) is 4. The maximum absolute atomic E-state index is 11.5. The second kappa shape index (κ2) is 25.6. The van der Waals surface area contributed by atoms with Crippen molar-refractivity contribution in [2.75, 3.05) is 26.2 Å². The zero-order chi connectivity index (χ0) is 31.6. The van der Waals surface area contributed by atoms with Crippen LogP contribution < -0.4 is 5.11 Å². The minimum absolute atomic E-state index is 0.440. The Bertz CT molecular complexity index is 677. The van der Waals surface area contributed by atoms with E-state index in [1.54, 1.807) is 20.8 Å². The van der Waals surface area contributed by atoms with Gasteiger partial charge in [-0.05, 0) is 38.5 Å². The molecule has 246 valence electrons. The fourth-order valence-corrected chi connectivity index (χ4v) is 5.49. The van der Waals surface area contributed by atoms with Gasteiger partial charge in [-0.1, -0.05) is 104 Å². The van der Waals surface area contributed by atoms with Crippen molar-refractivity contribution in [3.05, 3.63) is 12.2 Å². The summed E-state index contributed by atoms with van der Waals surface area (Å²) in [5, 5.41) is 30.2. The van der Waals surface area contributed by atoms with Gasteiger partial charge in [0.05, 0.1) is 38.0 Å². The Morgan fingerprint density at radius 1 is 0.571 bits per heavy atom. The molecule has 0 amide bonds. The molecule has 0 radical (unpaired) electrons. The van der Waals surface area contributed by atoms with E-state index in [1.807, 2.05) is 0 Å². The van der Waals surface area contributed by atoms with Crippen LogP contribution in [0.1, 0.15) is 150 Å². The van der Waals surface area contributed by atoms with Gasteiger partial charge in [-0.15, -0.1) is 0 Å². The highest BCUT2D eigenvalue weighted by Crippen LogP contribution is 2.21. The van der Waals surface area contributed by atoms with Crippen LogP contribution in [0.25, 0.3) is 0 Å². The van der Waals surface area contributed by atoms with Crippen molar-refractivity contribution in [1.82, 2.24) is 0 Å². The Hall–Kier alpha value is -1.89. The van der Waals surface area contributed by atoms with Crippen LogP contribution in [-0.2, 0) is 14.4 Å². The second-order valence-corrected chi connectivity index (χ2v) is 12.9. The molecule has 3 unspecified atom stereocenters. The molecule has 0 saturated heterocycles. The minimum atomic E-state index is -1.08. The molecule has 0 fully saturated rings. The Kier molecular flexibility index (Phi) is 24.4. The van der Waals surface area contributed by atoms with E-state index in [9.17, 15) is 29.7 Å². The van der Waals surface area contributed by atoms with Crippen LogP contribution in [0.5, 0.6) is 0 Å². The number of allylic oxidation sites excluding steroid dienone is 2. The average Bonchev–Trinajstić information content (AvgIpc) is 2.96. The molecule has 0 aromatic carbocycles. The van der Waals surface area contributed by atoms with Crippen LogP contribution in [0.3, 0.4) is 0 Å². The number of quaternary nitrogens is 1. The summed E-state index contributed by atoms with van der Waals surface area (Å²) < 4.78 is 0.575. The van der Waals surface area contributed by atoms with Crippen LogP contribution in [0.2, 0.25) is 0 Å². The molecule has 0 spiro atoms. The van der Waals surface area contributed by atoms with E-state index in [4.69, 9.17) is 0 Å². The lowest BCUT2D eigenvalue weighted by Gasteiger charge is -2.41. The molecule has 7 heteroatoms. The van der Waals surface area contributed by atoms with Crippen molar-refractivity contribution in [2.24, 2.45) is 17.8 Å². The molecular formula is C35H65NO6. The van der Waals surface area contributed by atoms with Crippen molar-refractivity contribution < 1.29 is 34.2 Å². The van der Waals surface area contributed by atoms with Crippen LogP contribution in [0.15, 0.2) is 12.2 Å². The first-order valence-corrected chi connectivity index (χ1v) is 17.2. The van der Waals surface area contributed by atoms with Gasteiger partial charge >= 0.3 is 11.9 Å². The van der Waals surface area contributed by atoms with Gasteiger partial charge in [0.2, 0.25) is 0 Å². The Balaban J connectivity index is 4.56. The highest BCUT2D eigenvalue weighted by Gasteiger charge is 2.30. The van der Waals surface area contributed by atoms with Gasteiger partial charge in [-0.25, -0.2) is 0 Å². The third-order valence-electron chi connectivity index (χ3n) is 9.00. The van der Waals surface area contributed by atoms with E-state index in [0.29, 0.717) is 43.4 Å². The van der Waals surface area contributed by atoms with Gasteiger partial charge in [0.25, 0.3) is 0 Å². The van der Waals surface area contributed by atoms with Gasteiger partial charge in [0.1, 0.15) is 0 Å². The quantitative estimate of drug-likeness (QED) is 0.0501. The first-order chi connectivity index (χ1) is 20.0. The lowest BCUT2D eigenvalue weighted by molar-refractivity contribution is -0.929. The molecule has 0 aliphatic heterocycles. The Morgan fingerprint density at radius 3 is 1.31 bits per heavy atom. The molecular weight excluding hydrogens is 530 g/mol. The summed E-state index contributed by atoms with van der Waals surface area (Å²) in [7, 11) is 0. The van der Waals surface area contributed by atoms with Gasteiger partial charge < -0.3 is 24.6 Å². The summed E-state index contributed by atoms with van der Waals surface area (Å²) in [5.41, 5.74) is 0. The van der Waals surface area contributed by atoms with E-state index in [0.717, 1.165) is 38.6 Å². The number of carboxylic acid groups (broad SMARTS) is 3. The fourth-order valence-electron chi connectivity index (χ4n) is 5.49. The van der Waals surface area contributed by atoms with Gasteiger partial charge in [0, 0.05) is 31.1 Å². The van der Waals surface area contributed by atoms with Gasteiger partial charge in [-0.2, -0.15) is 0 Å². The summed E-state index contributed by atoms with van der Waals surface area (Å²) in [5.74, 6) is -4.33. The third-order valence-corrected chi connectivity index (χ3v) is 9.00. The molecule has 0 heterocycles. The fraction of sp³-hybridized carbons (Fsp3) is 0.857. The molecule has 0 bridgehead atoms. The molecule has 3 atom stereocenters. The SMILES string of the molecule is CCCCCCCCCCCC/C=C/CCCCCC[N+](CCC(C)C(=O)[O-])(CCC(C)C(=O)O)CCC(C)C(=O)O. The van der Waals surface area contributed by atoms with Crippen molar-refractivity contribution in [3.8, 4) is 0 Å². The normalized spacial score (nSPS) is 15.3. The molecule has 0 aromatic rings. The second-order valence-electron chi connectivity index (χ2n) is 12.9. The topological polar surface area (TPSA) is 115 Å². The minimum Gasteiger partial charge on any atom is -0.550 e. The summed E-state index contributed by atoms with van der Waals surface area (Å²) in [6.07, 6.45) is 26.2. The monoisotopic (exact) mass is 595 g/mol. The largest absolute Gasteiger partial charge is 0.550 e. The first-order valence-electron chi connectivity index (χ1n) is 17.2. The summed E-state index contributed by atoms with van der Waals surface area (Å²) in [6.45, 7) is 9.94. The standard InChI is InChI=1S/C35H65NO6/c1-5-6-7-8-9-10-11-12-13-14-15-16-17-18-19-20-21-22-26-36(27-23-30(2)33(37)38,28-24-31(3)34(39)40)29-25-32(4)35(41)42/h16-17,30-32H,5-15,18-29H2,1-4H3,(H2-,37,38,39,40,41,42)/b17-16+. The third kappa shape index (κ3) is 21.8. The number of unbranched alkanes of at least 4 members (excludes halogenated alkanes) is 14. The maximum atomic E-state index is 11.5. The Labute approximate surface area is 257 Å². The summed E-state index contributed by atoms with van der Waals surface area (Å²) in [4.78, 5) is 34.4. The molecule has 0 saturated carbocycles. The summed E-state index contributed by atoms with van der Waals surface area (Å²) in [6, 6.07) is 0. The molecule has 0 aromatic heterocycles. The van der Waals surface area contributed by atoms with Crippen LogP contribution in [0, 0.1) is 17.8 Å².